The number of hydrogen-bond donors (Lipinski definition) is 0. The molecule has 0 bridgehead atoms. The average Bonchev–Trinajstić information content (AvgIpc) is 2.75. The second kappa shape index (κ2) is 5.18. The van der Waals surface area contributed by atoms with Gasteiger partial charge in [-0.3, -0.25) is 4.84 Å². The van der Waals surface area contributed by atoms with Crippen LogP contribution in [0.3, 0.4) is 0 Å². The third-order valence-corrected chi connectivity index (χ3v) is 3.53. The maximum Gasteiger partial charge on any atom is 0.0962 e. The summed E-state index contributed by atoms with van der Waals surface area (Å²) in [6.45, 7) is 2.90. The number of hydrogen-bond acceptors (Lipinski definition) is 4. The summed E-state index contributed by atoms with van der Waals surface area (Å²) in [5, 5.41) is 19.8. The van der Waals surface area contributed by atoms with Gasteiger partial charge in [0.15, 0.2) is 0 Å². The Hall–Kier alpha value is -1.88. The van der Waals surface area contributed by atoms with Crippen LogP contribution in [-0.4, -0.2) is 18.2 Å². The van der Waals surface area contributed by atoms with E-state index in [1.807, 2.05) is 37.3 Å². The molecule has 0 spiro atoms. The molecule has 0 amide bonds. The zero-order chi connectivity index (χ0) is 13.0. The second-order valence-electron chi connectivity index (χ2n) is 4.50. The Kier molecular flexibility index (Phi) is 3.62. The fourth-order valence-corrected chi connectivity index (χ4v) is 2.37. The lowest BCUT2D eigenvalue weighted by Crippen LogP contribution is -2.42. The van der Waals surface area contributed by atoms with Gasteiger partial charge in [-0.15, -0.1) is 0 Å². The van der Waals surface area contributed by atoms with E-state index >= 15 is 0 Å². The van der Waals surface area contributed by atoms with Gasteiger partial charge in [-0.05, 0) is 12.5 Å². The molecule has 2 atom stereocenters. The molecule has 4 heteroatoms. The third-order valence-electron chi connectivity index (χ3n) is 3.53. The van der Waals surface area contributed by atoms with E-state index < -0.39 is 5.54 Å². The molecular formula is C14H15N3O. The predicted octanol–water partition coefficient (Wildman–Crippen LogP) is 2.20. The fourth-order valence-electron chi connectivity index (χ4n) is 2.37. The lowest BCUT2D eigenvalue weighted by atomic mass is 9.81. The van der Waals surface area contributed by atoms with Gasteiger partial charge in [0.2, 0.25) is 0 Å². The quantitative estimate of drug-likeness (QED) is 0.814. The molecule has 1 aliphatic rings. The van der Waals surface area contributed by atoms with Gasteiger partial charge in [0.1, 0.15) is 0 Å². The first-order valence-corrected chi connectivity index (χ1v) is 5.96. The van der Waals surface area contributed by atoms with Crippen molar-refractivity contribution < 1.29 is 4.84 Å². The standard InChI is InChI=1S/C14H15N3O/c1-14(12-6-3-2-4-7-12)13(10-16)11-18-17(14)9-5-8-15/h2-4,6-7,13H,5,9,11H2,1H3/t13?,14-/m1/s1. The van der Waals surface area contributed by atoms with Crippen LogP contribution in [0.1, 0.15) is 18.9 Å². The Morgan fingerprint density at radius 3 is 2.72 bits per heavy atom. The summed E-state index contributed by atoms with van der Waals surface area (Å²) in [4.78, 5) is 5.59. The van der Waals surface area contributed by atoms with Crippen LogP contribution >= 0.6 is 0 Å². The molecule has 1 heterocycles. The molecule has 0 aromatic heterocycles. The van der Waals surface area contributed by atoms with Crippen LogP contribution in [0.4, 0.5) is 0 Å². The summed E-state index contributed by atoms with van der Waals surface area (Å²) in [6.07, 6.45) is 0.389. The largest absolute Gasteiger partial charge is 0.297 e. The first-order chi connectivity index (χ1) is 8.73. The summed E-state index contributed by atoms with van der Waals surface area (Å²) >= 11 is 0. The normalized spacial score (nSPS) is 27.6. The van der Waals surface area contributed by atoms with Crippen LogP contribution in [-0.2, 0) is 10.4 Å². The monoisotopic (exact) mass is 241 g/mol. The maximum absolute atomic E-state index is 9.28. The molecule has 1 aromatic carbocycles. The van der Waals surface area contributed by atoms with Crippen molar-refractivity contribution in [3.05, 3.63) is 35.9 Å². The molecule has 0 radical (unpaired) electrons. The highest BCUT2D eigenvalue weighted by Gasteiger charge is 2.47. The van der Waals surface area contributed by atoms with Crippen molar-refractivity contribution in [1.82, 2.24) is 5.06 Å². The molecule has 18 heavy (non-hydrogen) atoms. The van der Waals surface area contributed by atoms with Gasteiger partial charge in [0.05, 0.1) is 36.6 Å². The van der Waals surface area contributed by atoms with Crippen molar-refractivity contribution in [2.45, 2.75) is 18.9 Å². The van der Waals surface area contributed by atoms with Gasteiger partial charge in [-0.2, -0.15) is 15.6 Å². The van der Waals surface area contributed by atoms with Gasteiger partial charge in [-0.1, -0.05) is 30.3 Å². The molecular weight excluding hydrogens is 226 g/mol. The second-order valence-corrected chi connectivity index (χ2v) is 4.50. The molecule has 0 saturated carbocycles. The minimum atomic E-state index is -0.479. The van der Waals surface area contributed by atoms with Crippen LogP contribution in [0.15, 0.2) is 30.3 Å². The van der Waals surface area contributed by atoms with Crippen LogP contribution in [0.25, 0.3) is 0 Å². The van der Waals surface area contributed by atoms with Crippen LogP contribution in [0.5, 0.6) is 0 Å². The lowest BCUT2D eigenvalue weighted by Gasteiger charge is -2.34. The van der Waals surface area contributed by atoms with Crippen LogP contribution in [0.2, 0.25) is 0 Å². The van der Waals surface area contributed by atoms with E-state index in [1.165, 1.54) is 0 Å². The zero-order valence-corrected chi connectivity index (χ0v) is 10.3. The molecule has 1 aromatic rings. The molecule has 0 aliphatic carbocycles. The van der Waals surface area contributed by atoms with Crippen molar-refractivity contribution in [1.29, 1.82) is 10.5 Å². The minimum absolute atomic E-state index is 0.224. The summed E-state index contributed by atoms with van der Waals surface area (Å²) in [5.41, 5.74) is 0.569. The van der Waals surface area contributed by atoms with E-state index in [4.69, 9.17) is 10.1 Å². The van der Waals surface area contributed by atoms with Gasteiger partial charge >= 0.3 is 0 Å². The molecule has 4 nitrogen and oxygen atoms in total. The smallest absolute Gasteiger partial charge is 0.0962 e. The van der Waals surface area contributed by atoms with Crippen molar-refractivity contribution in [2.75, 3.05) is 13.2 Å². The Balaban J connectivity index is 2.35. The molecule has 1 unspecified atom stereocenters. The first-order valence-electron chi connectivity index (χ1n) is 5.96. The molecule has 1 fully saturated rings. The van der Waals surface area contributed by atoms with E-state index in [9.17, 15) is 5.26 Å². The zero-order valence-electron chi connectivity index (χ0n) is 10.3. The van der Waals surface area contributed by atoms with Gasteiger partial charge < -0.3 is 0 Å². The summed E-state index contributed by atoms with van der Waals surface area (Å²) < 4.78 is 0. The van der Waals surface area contributed by atoms with E-state index in [-0.39, 0.29) is 5.92 Å². The van der Waals surface area contributed by atoms with Crippen molar-refractivity contribution in [2.24, 2.45) is 5.92 Å². The Morgan fingerprint density at radius 1 is 1.39 bits per heavy atom. The highest BCUT2D eigenvalue weighted by molar-refractivity contribution is 5.27. The Bertz CT molecular complexity index is 488. The van der Waals surface area contributed by atoms with E-state index in [2.05, 4.69) is 12.1 Å². The van der Waals surface area contributed by atoms with Crippen molar-refractivity contribution >= 4 is 0 Å². The number of rotatable bonds is 3. The first kappa shape index (κ1) is 12.6. The highest BCUT2D eigenvalue weighted by atomic mass is 16.7. The summed E-state index contributed by atoms with van der Waals surface area (Å²) in [6, 6.07) is 14.3. The molecule has 1 aliphatic heterocycles. The van der Waals surface area contributed by atoms with Crippen LogP contribution in [0, 0.1) is 28.6 Å². The number of nitriles is 2. The third kappa shape index (κ3) is 1.97. The average molecular weight is 241 g/mol. The van der Waals surface area contributed by atoms with E-state index in [0.717, 1.165) is 5.56 Å². The van der Waals surface area contributed by atoms with E-state index in [1.54, 1.807) is 5.06 Å². The van der Waals surface area contributed by atoms with Crippen molar-refractivity contribution in [3.8, 4) is 12.1 Å². The fraction of sp³-hybridized carbons (Fsp3) is 0.429. The van der Waals surface area contributed by atoms with Crippen LogP contribution < -0.4 is 0 Å². The van der Waals surface area contributed by atoms with Crippen molar-refractivity contribution in [3.63, 3.8) is 0 Å². The SMILES string of the molecule is C[C@@]1(c2ccccc2)C(C#N)CON1CCC#N. The Labute approximate surface area is 107 Å². The summed E-state index contributed by atoms with van der Waals surface area (Å²) in [7, 11) is 0. The summed E-state index contributed by atoms with van der Waals surface area (Å²) in [5.74, 6) is -0.224. The Morgan fingerprint density at radius 2 is 2.11 bits per heavy atom. The topological polar surface area (TPSA) is 60.0 Å². The predicted molar refractivity (Wildman–Crippen MR) is 65.8 cm³/mol. The number of hydroxylamine groups is 2. The molecule has 1 saturated heterocycles. The molecule has 0 N–H and O–H groups in total. The number of nitrogens with zero attached hydrogens (tertiary/aromatic N) is 3. The van der Waals surface area contributed by atoms with Gasteiger partial charge in [0, 0.05) is 6.54 Å². The van der Waals surface area contributed by atoms with E-state index in [0.29, 0.717) is 19.6 Å². The lowest BCUT2D eigenvalue weighted by molar-refractivity contribution is -0.161. The number of benzene rings is 1. The molecule has 92 valence electrons. The van der Waals surface area contributed by atoms with Gasteiger partial charge in [-0.25, -0.2) is 0 Å². The van der Waals surface area contributed by atoms with Gasteiger partial charge in [0.25, 0.3) is 0 Å². The maximum atomic E-state index is 9.28. The highest BCUT2D eigenvalue weighted by Crippen LogP contribution is 2.41. The molecule has 2 rings (SSSR count). The minimum Gasteiger partial charge on any atom is -0.297 e.